The van der Waals surface area contributed by atoms with Crippen molar-refractivity contribution in [3.8, 4) is 0 Å². The summed E-state index contributed by atoms with van der Waals surface area (Å²) in [6.45, 7) is 0. The standard InChI is InChI=1S/C14H11BrF3NOS/c15-11-5-4-9(13(19)7-11)8-21(20)12-3-1-2-10(6-12)14(16,17)18/h1-7H,8,19H2. The highest BCUT2D eigenvalue weighted by molar-refractivity contribution is 9.10. The molecule has 1 atom stereocenters. The highest BCUT2D eigenvalue weighted by atomic mass is 79.9. The fourth-order valence-electron chi connectivity index (χ4n) is 1.74. The van der Waals surface area contributed by atoms with Gasteiger partial charge in [-0.15, -0.1) is 0 Å². The van der Waals surface area contributed by atoms with Gasteiger partial charge >= 0.3 is 6.18 Å². The predicted molar refractivity (Wildman–Crippen MR) is 80.1 cm³/mol. The Balaban J connectivity index is 2.25. The molecule has 0 fully saturated rings. The van der Waals surface area contributed by atoms with E-state index in [0.717, 1.165) is 16.6 Å². The van der Waals surface area contributed by atoms with Crippen molar-refractivity contribution in [1.29, 1.82) is 0 Å². The summed E-state index contributed by atoms with van der Waals surface area (Å²) in [7, 11) is -1.59. The monoisotopic (exact) mass is 377 g/mol. The molecule has 2 nitrogen and oxygen atoms in total. The minimum absolute atomic E-state index is 0.0699. The molecule has 0 heterocycles. The molecule has 0 saturated heterocycles. The van der Waals surface area contributed by atoms with Gasteiger partial charge in [0, 0.05) is 15.1 Å². The maximum Gasteiger partial charge on any atom is 0.416 e. The van der Waals surface area contributed by atoms with E-state index in [1.165, 1.54) is 12.1 Å². The van der Waals surface area contributed by atoms with E-state index in [2.05, 4.69) is 15.9 Å². The summed E-state index contributed by atoms with van der Waals surface area (Å²) in [4.78, 5) is 0.132. The fourth-order valence-corrected chi connectivity index (χ4v) is 3.32. The lowest BCUT2D eigenvalue weighted by atomic mass is 10.2. The van der Waals surface area contributed by atoms with Crippen LogP contribution < -0.4 is 5.73 Å². The first kappa shape index (κ1) is 16.0. The molecule has 0 aromatic heterocycles. The van der Waals surface area contributed by atoms with Crippen LogP contribution >= 0.6 is 15.9 Å². The third kappa shape index (κ3) is 4.07. The summed E-state index contributed by atoms with van der Waals surface area (Å²) in [5.74, 6) is 0.0699. The second-order valence-corrected chi connectivity index (χ2v) is 6.73. The van der Waals surface area contributed by atoms with Crippen LogP contribution in [-0.4, -0.2) is 4.21 Å². The SMILES string of the molecule is Nc1cc(Br)ccc1CS(=O)c1cccc(C(F)(F)F)c1. The molecule has 21 heavy (non-hydrogen) atoms. The van der Waals surface area contributed by atoms with Gasteiger partial charge in [0.05, 0.1) is 22.1 Å². The molecular formula is C14H11BrF3NOS. The van der Waals surface area contributed by atoms with Crippen molar-refractivity contribution in [2.75, 3.05) is 5.73 Å². The van der Waals surface area contributed by atoms with Crippen LogP contribution in [0.2, 0.25) is 0 Å². The molecular weight excluding hydrogens is 367 g/mol. The topological polar surface area (TPSA) is 43.1 Å². The molecule has 2 rings (SSSR count). The van der Waals surface area contributed by atoms with Crippen LogP contribution in [0.25, 0.3) is 0 Å². The lowest BCUT2D eigenvalue weighted by Crippen LogP contribution is -2.06. The first-order chi connectivity index (χ1) is 9.77. The Labute approximate surface area is 130 Å². The van der Waals surface area contributed by atoms with E-state index in [1.807, 2.05) is 0 Å². The van der Waals surface area contributed by atoms with Crippen molar-refractivity contribution in [2.24, 2.45) is 0 Å². The van der Waals surface area contributed by atoms with Crippen LogP contribution in [0.4, 0.5) is 18.9 Å². The highest BCUT2D eigenvalue weighted by Crippen LogP contribution is 2.30. The van der Waals surface area contributed by atoms with Crippen LogP contribution in [0.15, 0.2) is 51.8 Å². The molecule has 112 valence electrons. The van der Waals surface area contributed by atoms with Gasteiger partial charge in [0.25, 0.3) is 0 Å². The number of nitrogens with two attached hydrogens (primary N) is 1. The summed E-state index contributed by atoms with van der Waals surface area (Å²) in [5, 5.41) is 0. The summed E-state index contributed by atoms with van der Waals surface area (Å²) in [6, 6.07) is 9.64. The number of benzene rings is 2. The summed E-state index contributed by atoms with van der Waals surface area (Å²) in [5.41, 5.74) is 6.08. The minimum Gasteiger partial charge on any atom is -0.398 e. The Hall–Kier alpha value is -1.34. The van der Waals surface area contributed by atoms with Crippen molar-refractivity contribution in [1.82, 2.24) is 0 Å². The molecule has 0 aliphatic heterocycles. The van der Waals surface area contributed by atoms with Crippen molar-refractivity contribution in [3.05, 3.63) is 58.1 Å². The van der Waals surface area contributed by atoms with E-state index >= 15 is 0 Å². The molecule has 7 heteroatoms. The third-order valence-electron chi connectivity index (χ3n) is 2.82. The molecule has 0 aliphatic rings. The van der Waals surface area contributed by atoms with Crippen molar-refractivity contribution in [3.63, 3.8) is 0 Å². The van der Waals surface area contributed by atoms with Crippen molar-refractivity contribution < 1.29 is 17.4 Å². The lowest BCUT2D eigenvalue weighted by molar-refractivity contribution is -0.137. The van der Waals surface area contributed by atoms with Gasteiger partial charge in [-0.1, -0.05) is 28.1 Å². The molecule has 0 radical (unpaired) electrons. The first-order valence-electron chi connectivity index (χ1n) is 5.87. The Morgan fingerprint density at radius 3 is 2.48 bits per heavy atom. The highest BCUT2D eigenvalue weighted by Gasteiger charge is 2.30. The van der Waals surface area contributed by atoms with Gasteiger partial charge in [-0.25, -0.2) is 0 Å². The zero-order chi connectivity index (χ0) is 15.6. The summed E-state index contributed by atoms with van der Waals surface area (Å²) >= 11 is 3.26. The molecule has 0 aliphatic carbocycles. The fraction of sp³-hybridized carbons (Fsp3) is 0.143. The molecule has 0 spiro atoms. The second-order valence-electron chi connectivity index (χ2n) is 4.36. The van der Waals surface area contributed by atoms with E-state index in [-0.39, 0.29) is 10.6 Å². The van der Waals surface area contributed by atoms with Crippen LogP contribution in [0.5, 0.6) is 0 Å². The number of halogens is 4. The molecule has 0 bridgehead atoms. The van der Waals surface area contributed by atoms with Gasteiger partial charge in [-0.05, 0) is 35.9 Å². The smallest absolute Gasteiger partial charge is 0.398 e. The third-order valence-corrected chi connectivity index (χ3v) is 4.66. The average Bonchev–Trinajstić information content (AvgIpc) is 2.41. The van der Waals surface area contributed by atoms with E-state index in [4.69, 9.17) is 5.73 Å². The maximum atomic E-state index is 12.6. The molecule has 0 amide bonds. The number of nitrogen functional groups attached to an aromatic ring is 1. The van der Waals surface area contributed by atoms with Gasteiger partial charge in [0.15, 0.2) is 0 Å². The Morgan fingerprint density at radius 2 is 1.86 bits per heavy atom. The molecule has 2 N–H and O–H groups in total. The van der Waals surface area contributed by atoms with Gasteiger partial charge in [-0.2, -0.15) is 13.2 Å². The minimum atomic E-state index is -4.45. The average molecular weight is 378 g/mol. The predicted octanol–water partition coefficient (Wildman–Crippen LogP) is 4.36. The van der Waals surface area contributed by atoms with Crippen LogP contribution in [0.3, 0.4) is 0 Å². The van der Waals surface area contributed by atoms with Crippen molar-refractivity contribution in [2.45, 2.75) is 16.8 Å². The Bertz CT molecular complexity index is 688. The van der Waals surface area contributed by atoms with Crippen LogP contribution in [0, 0.1) is 0 Å². The number of anilines is 1. The largest absolute Gasteiger partial charge is 0.416 e. The normalized spacial score (nSPS) is 13.1. The van der Waals surface area contributed by atoms with Crippen molar-refractivity contribution >= 4 is 32.4 Å². The van der Waals surface area contributed by atoms with E-state index in [0.29, 0.717) is 11.3 Å². The number of alkyl halides is 3. The lowest BCUT2D eigenvalue weighted by Gasteiger charge is -2.10. The molecule has 2 aromatic rings. The van der Waals surface area contributed by atoms with E-state index < -0.39 is 22.5 Å². The van der Waals surface area contributed by atoms with E-state index in [1.54, 1.807) is 18.2 Å². The quantitative estimate of drug-likeness (QED) is 0.807. The summed E-state index contributed by atoms with van der Waals surface area (Å²) in [6.07, 6.45) is -4.45. The number of hydrogen-bond donors (Lipinski definition) is 1. The Morgan fingerprint density at radius 1 is 1.14 bits per heavy atom. The number of hydrogen-bond acceptors (Lipinski definition) is 2. The molecule has 1 unspecified atom stereocenters. The Kier molecular flexibility index (Phi) is 4.73. The zero-order valence-corrected chi connectivity index (χ0v) is 13.1. The van der Waals surface area contributed by atoms with Gasteiger partial charge in [0.2, 0.25) is 0 Å². The summed E-state index contributed by atoms with van der Waals surface area (Å²) < 4.78 is 50.9. The van der Waals surface area contributed by atoms with Gasteiger partial charge < -0.3 is 5.73 Å². The van der Waals surface area contributed by atoms with Gasteiger partial charge in [0.1, 0.15) is 0 Å². The maximum absolute atomic E-state index is 12.6. The van der Waals surface area contributed by atoms with E-state index in [9.17, 15) is 17.4 Å². The van der Waals surface area contributed by atoms with Gasteiger partial charge in [-0.3, -0.25) is 4.21 Å². The first-order valence-corrected chi connectivity index (χ1v) is 7.98. The molecule has 0 saturated carbocycles. The number of rotatable bonds is 3. The zero-order valence-electron chi connectivity index (χ0n) is 10.7. The van der Waals surface area contributed by atoms with Crippen LogP contribution in [-0.2, 0) is 22.7 Å². The second kappa shape index (κ2) is 6.19. The molecule has 2 aromatic carbocycles. The van der Waals surface area contributed by atoms with Crippen LogP contribution in [0.1, 0.15) is 11.1 Å².